The standard InChI is InChI=1S/C22H24N2O3/c1-14-20(16(8-10-23-14)15-5-3-2-4-6-15)21(26)24-11-18-17(12-25)19-7-9-22(18,13-24)27-19/h2-6,8,10,17-19,25H,7,9,11-13H2,1H3/t17-,18+,19+,22+/m1/s1. The Balaban J connectivity index is 1.50. The maximum Gasteiger partial charge on any atom is 0.256 e. The summed E-state index contributed by atoms with van der Waals surface area (Å²) in [4.78, 5) is 19.8. The van der Waals surface area contributed by atoms with Gasteiger partial charge in [-0.3, -0.25) is 9.78 Å². The summed E-state index contributed by atoms with van der Waals surface area (Å²) in [6.45, 7) is 3.31. The average molecular weight is 364 g/mol. The number of carbonyl (C=O) groups excluding carboxylic acids is 1. The van der Waals surface area contributed by atoms with Crippen molar-refractivity contribution in [3.05, 3.63) is 53.9 Å². The molecule has 5 nitrogen and oxygen atoms in total. The Morgan fingerprint density at radius 2 is 2.15 bits per heavy atom. The second-order valence-electron chi connectivity index (χ2n) is 8.08. The number of ether oxygens (including phenoxy) is 1. The molecule has 5 rings (SSSR count). The molecule has 0 radical (unpaired) electrons. The molecule has 3 saturated heterocycles. The van der Waals surface area contributed by atoms with Gasteiger partial charge in [-0.05, 0) is 37.0 Å². The fourth-order valence-electron chi connectivity index (χ4n) is 5.44. The summed E-state index contributed by atoms with van der Waals surface area (Å²) in [5.74, 6) is 0.412. The van der Waals surface area contributed by atoms with Gasteiger partial charge in [0.05, 0.1) is 29.5 Å². The van der Waals surface area contributed by atoms with Gasteiger partial charge in [0.15, 0.2) is 0 Å². The number of likely N-dealkylation sites (tertiary alicyclic amines) is 1. The molecule has 3 fully saturated rings. The molecule has 4 atom stereocenters. The Hall–Kier alpha value is -2.24. The Morgan fingerprint density at radius 3 is 2.93 bits per heavy atom. The SMILES string of the molecule is Cc1nccc(-c2ccccc2)c1C(=O)N1C[C@H]2[C@@H](CO)[C@@H]3CC[C@@]2(C1)O3. The van der Waals surface area contributed by atoms with Gasteiger partial charge in [0.1, 0.15) is 0 Å². The van der Waals surface area contributed by atoms with Crippen molar-refractivity contribution >= 4 is 5.91 Å². The van der Waals surface area contributed by atoms with Gasteiger partial charge < -0.3 is 14.7 Å². The molecule has 1 aromatic heterocycles. The number of benzene rings is 1. The molecule has 0 unspecified atom stereocenters. The van der Waals surface area contributed by atoms with Crippen LogP contribution in [0.4, 0.5) is 0 Å². The molecule has 3 aliphatic rings. The van der Waals surface area contributed by atoms with E-state index in [0.29, 0.717) is 18.7 Å². The molecule has 1 spiro atoms. The number of aryl methyl sites for hydroxylation is 1. The zero-order valence-corrected chi connectivity index (χ0v) is 15.5. The molecule has 140 valence electrons. The van der Waals surface area contributed by atoms with Crippen molar-refractivity contribution in [1.82, 2.24) is 9.88 Å². The molecule has 0 aliphatic carbocycles. The summed E-state index contributed by atoms with van der Waals surface area (Å²) in [5, 5.41) is 9.82. The first-order chi connectivity index (χ1) is 13.1. The first-order valence-corrected chi connectivity index (χ1v) is 9.72. The second-order valence-corrected chi connectivity index (χ2v) is 8.08. The zero-order valence-electron chi connectivity index (χ0n) is 15.5. The van der Waals surface area contributed by atoms with Crippen LogP contribution in [0.15, 0.2) is 42.6 Å². The Bertz CT molecular complexity index is 884. The molecule has 27 heavy (non-hydrogen) atoms. The first kappa shape index (κ1) is 16.9. The molecule has 1 amide bonds. The van der Waals surface area contributed by atoms with E-state index in [1.807, 2.05) is 48.2 Å². The molecule has 5 heteroatoms. The van der Waals surface area contributed by atoms with Crippen molar-refractivity contribution < 1.29 is 14.6 Å². The Morgan fingerprint density at radius 1 is 1.33 bits per heavy atom. The van der Waals surface area contributed by atoms with Crippen molar-refractivity contribution in [1.29, 1.82) is 0 Å². The predicted molar refractivity (Wildman–Crippen MR) is 101 cm³/mol. The molecule has 4 heterocycles. The number of aromatic nitrogens is 1. The van der Waals surface area contributed by atoms with Crippen LogP contribution in [0.5, 0.6) is 0 Å². The van der Waals surface area contributed by atoms with Gasteiger partial charge in [0.2, 0.25) is 0 Å². The molecule has 0 saturated carbocycles. The monoisotopic (exact) mass is 364 g/mol. The number of pyridine rings is 1. The van der Waals surface area contributed by atoms with E-state index in [9.17, 15) is 9.90 Å². The van der Waals surface area contributed by atoms with Crippen molar-refractivity contribution in [3.63, 3.8) is 0 Å². The van der Waals surface area contributed by atoms with E-state index < -0.39 is 0 Å². The minimum atomic E-state index is -0.253. The number of hydrogen-bond donors (Lipinski definition) is 1. The fraction of sp³-hybridized carbons (Fsp3) is 0.455. The van der Waals surface area contributed by atoms with Crippen LogP contribution in [0.1, 0.15) is 28.9 Å². The highest BCUT2D eigenvalue weighted by molar-refractivity contribution is 6.02. The Labute approximate surface area is 159 Å². The summed E-state index contributed by atoms with van der Waals surface area (Å²) < 4.78 is 6.28. The molecular formula is C22H24N2O3. The highest BCUT2D eigenvalue weighted by Crippen LogP contribution is 2.54. The number of rotatable bonds is 3. The van der Waals surface area contributed by atoms with Crippen molar-refractivity contribution in [2.45, 2.75) is 31.5 Å². The topological polar surface area (TPSA) is 62.7 Å². The lowest BCUT2D eigenvalue weighted by Crippen LogP contribution is -2.38. The first-order valence-electron chi connectivity index (χ1n) is 9.72. The number of aliphatic hydroxyl groups excluding tert-OH is 1. The van der Waals surface area contributed by atoms with Crippen LogP contribution in [0.25, 0.3) is 11.1 Å². The van der Waals surface area contributed by atoms with Gasteiger partial charge in [0.25, 0.3) is 5.91 Å². The van der Waals surface area contributed by atoms with E-state index in [0.717, 1.165) is 29.7 Å². The van der Waals surface area contributed by atoms with E-state index in [1.165, 1.54) is 0 Å². The van der Waals surface area contributed by atoms with E-state index in [1.54, 1.807) is 6.20 Å². The molecular weight excluding hydrogens is 340 g/mol. The number of amides is 1. The van der Waals surface area contributed by atoms with Crippen molar-refractivity contribution in [3.8, 4) is 11.1 Å². The lowest BCUT2D eigenvalue weighted by molar-refractivity contribution is 0.00153. The van der Waals surface area contributed by atoms with Gasteiger partial charge in [-0.25, -0.2) is 0 Å². The lowest BCUT2D eigenvalue weighted by atomic mass is 9.74. The highest BCUT2D eigenvalue weighted by Gasteiger charge is 2.63. The van der Waals surface area contributed by atoms with Crippen molar-refractivity contribution in [2.24, 2.45) is 11.8 Å². The average Bonchev–Trinajstić information content (AvgIpc) is 3.35. The number of nitrogens with zero attached hydrogens (tertiary/aromatic N) is 2. The summed E-state index contributed by atoms with van der Waals surface area (Å²) in [5.41, 5.74) is 3.12. The molecule has 2 aromatic rings. The second kappa shape index (κ2) is 6.14. The zero-order chi connectivity index (χ0) is 18.6. The predicted octanol–water partition coefficient (Wildman–Crippen LogP) is 2.67. The van der Waals surface area contributed by atoms with Gasteiger partial charge in [0, 0.05) is 31.2 Å². The van der Waals surface area contributed by atoms with Crippen LogP contribution >= 0.6 is 0 Å². The number of aliphatic hydroxyl groups is 1. The van der Waals surface area contributed by atoms with Crippen LogP contribution in [0.3, 0.4) is 0 Å². The number of fused-ring (bicyclic) bond motifs is 1. The summed E-state index contributed by atoms with van der Waals surface area (Å²) in [7, 11) is 0. The van der Waals surface area contributed by atoms with Crippen LogP contribution in [-0.2, 0) is 4.74 Å². The van der Waals surface area contributed by atoms with E-state index >= 15 is 0 Å². The van der Waals surface area contributed by atoms with Gasteiger partial charge in [-0.15, -0.1) is 0 Å². The van der Waals surface area contributed by atoms with Crippen LogP contribution in [0.2, 0.25) is 0 Å². The number of carbonyl (C=O) groups is 1. The van der Waals surface area contributed by atoms with Crippen molar-refractivity contribution in [2.75, 3.05) is 19.7 Å². The van der Waals surface area contributed by atoms with Gasteiger partial charge >= 0.3 is 0 Å². The third-order valence-corrected chi connectivity index (χ3v) is 6.72. The summed E-state index contributed by atoms with van der Waals surface area (Å²) in [6.07, 6.45) is 3.90. The smallest absolute Gasteiger partial charge is 0.256 e. The maximum atomic E-state index is 13.5. The maximum absolute atomic E-state index is 13.5. The van der Waals surface area contributed by atoms with E-state index in [-0.39, 0.29) is 36.1 Å². The van der Waals surface area contributed by atoms with Crippen LogP contribution in [0, 0.1) is 18.8 Å². The molecule has 2 bridgehead atoms. The van der Waals surface area contributed by atoms with Gasteiger partial charge in [-0.2, -0.15) is 0 Å². The fourth-order valence-corrected chi connectivity index (χ4v) is 5.44. The quantitative estimate of drug-likeness (QED) is 0.910. The highest BCUT2D eigenvalue weighted by atomic mass is 16.5. The third-order valence-electron chi connectivity index (χ3n) is 6.72. The lowest BCUT2D eigenvalue weighted by Gasteiger charge is -2.27. The molecule has 1 N–H and O–H groups in total. The summed E-state index contributed by atoms with van der Waals surface area (Å²) >= 11 is 0. The van der Waals surface area contributed by atoms with E-state index in [4.69, 9.17) is 4.74 Å². The van der Waals surface area contributed by atoms with Crippen LogP contribution < -0.4 is 0 Å². The summed E-state index contributed by atoms with van der Waals surface area (Å²) in [6, 6.07) is 11.9. The van der Waals surface area contributed by atoms with E-state index in [2.05, 4.69) is 4.98 Å². The largest absolute Gasteiger partial charge is 0.396 e. The molecule has 3 aliphatic heterocycles. The van der Waals surface area contributed by atoms with Crippen LogP contribution in [-0.4, -0.2) is 52.3 Å². The number of hydrogen-bond acceptors (Lipinski definition) is 4. The third kappa shape index (κ3) is 2.45. The van der Waals surface area contributed by atoms with Gasteiger partial charge in [-0.1, -0.05) is 30.3 Å². The minimum Gasteiger partial charge on any atom is -0.396 e. The normalized spacial score (nSPS) is 31.3. The molecule has 1 aromatic carbocycles. The minimum absolute atomic E-state index is 0.0203. The Kier molecular flexibility index (Phi) is 3.85.